The van der Waals surface area contributed by atoms with E-state index >= 15 is 0 Å². The summed E-state index contributed by atoms with van der Waals surface area (Å²) in [6.07, 6.45) is 4.16. The van der Waals surface area contributed by atoms with E-state index < -0.39 is 5.60 Å². The van der Waals surface area contributed by atoms with Gasteiger partial charge in [-0.1, -0.05) is 0 Å². The molecule has 1 saturated carbocycles. The molecule has 1 N–H and O–H groups in total. The SMILES string of the molecule is COCCOCCN(CCCC[C@@H](NC1CC1)C(=O)OC)C(=O)OC(C)(C)C. The fourth-order valence-corrected chi connectivity index (χ4v) is 2.64. The molecule has 1 rings (SSSR count). The van der Waals surface area contributed by atoms with Crippen molar-refractivity contribution in [1.29, 1.82) is 0 Å². The average molecular weight is 403 g/mol. The lowest BCUT2D eigenvalue weighted by molar-refractivity contribution is -0.143. The molecule has 1 atom stereocenters. The Labute approximate surface area is 169 Å². The van der Waals surface area contributed by atoms with Crippen LogP contribution >= 0.6 is 0 Å². The molecule has 0 spiro atoms. The predicted molar refractivity (Wildman–Crippen MR) is 106 cm³/mol. The Morgan fingerprint density at radius 1 is 1.07 bits per heavy atom. The summed E-state index contributed by atoms with van der Waals surface area (Å²) in [5, 5.41) is 3.33. The van der Waals surface area contributed by atoms with E-state index in [2.05, 4.69) is 5.32 Å². The third-order valence-electron chi connectivity index (χ3n) is 4.26. The fourth-order valence-electron chi connectivity index (χ4n) is 2.64. The number of rotatable bonds is 14. The monoisotopic (exact) mass is 402 g/mol. The maximum atomic E-state index is 12.5. The maximum Gasteiger partial charge on any atom is 0.410 e. The van der Waals surface area contributed by atoms with Crippen LogP contribution in [0.3, 0.4) is 0 Å². The number of nitrogens with one attached hydrogen (secondary N) is 1. The highest BCUT2D eigenvalue weighted by atomic mass is 16.6. The molecule has 0 bridgehead atoms. The minimum Gasteiger partial charge on any atom is -0.468 e. The lowest BCUT2D eigenvalue weighted by Crippen LogP contribution is -2.40. The summed E-state index contributed by atoms with van der Waals surface area (Å²) in [6.45, 7) is 8.01. The number of methoxy groups -OCH3 is 2. The van der Waals surface area contributed by atoms with E-state index in [1.165, 1.54) is 7.11 Å². The van der Waals surface area contributed by atoms with E-state index in [4.69, 9.17) is 18.9 Å². The number of nitrogens with zero attached hydrogens (tertiary/aromatic N) is 1. The van der Waals surface area contributed by atoms with Crippen molar-refractivity contribution in [1.82, 2.24) is 10.2 Å². The van der Waals surface area contributed by atoms with Crippen molar-refractivity contribution in [2.24, 2.45) is 0 Å². The summed E-state index contributed by atoms with van der Waals surface area (Å²) in [6, 6.07) is 0.163. The van der Waals surface area contributed by atoms with Crippen LogP contribution in [0.4, 0.5) is 4.79 Å². The zero-order valence-corrected chi connectivity index (χ0v) is 18.1. The highest BCUT2D eigenvalue weighted by Crippen LogP contribution is 2.21. The average Bonchev–Trinajstić information content (AvgIpc) is 3.44. The largest absolute Gasteiger partial charge is 0.468 e. The van der Waals surface area contributed by atoms with Gasteiger partial charge in [0.25, 0.3) is 0 Å². The summed E-state index contributed by atoms with van der Waals surface area (Å²) < 4.78 is 20.8. The molecule has 28 heavy (non-hydrogen) atoms. The van der Waals surface area contributed by atoms with Crippen LogP contribution in [-0.2, 0) is 23.7 Å². The highest BCUT2D eigenvalue weighted by molar-refractivity contribution is 5.75. The molecule has 8 heteroatoms. The van der Waals surface area contributed by atoms with Gasteiger partial charge in [0.15, 0.2) is 0 Å². The number of unbranched alkanes of at least 4 members (excludes halogenated alkanes) is 1. The number of esters is 1. The van der Waals surface area contributed by atoms with Crippen LogP contribution in [0.25, 0.3) is 0 Å². The van der Waals surface area contributed by atoms with E-state index in [9.17, 15) is 9.59 Å². The predicted octanol–water partition coefficient (Wildman–Crippen LogP) is 2.35. The summed E-state index contributed by atoms with van der Waals surface area (Å²) in [5.74, 6) is -0.220. The molecule has 0 saturated heterocycles. The first kappa shape index (κ1) is 24.7. The van der Waals surface area contributed by atoms with Crippen LogP contribution in [0, 0.1) is 0 Å². The normalized spacial score (nSPS) is 15.2. The molecule has 1 aliphatic carbocycles. The van der Waals surface area contributed by atoms with Crippen molar-refractivity contribution < 1.29 is 28.5 Å². The summed E-state index contributed by atoms with van der Waals surface area (Å²) in [4.78, 5) is 26.0. The minimum atomic E-state index is -0.545. The van der Waals surface area contributed by atoms with Gasteiger partial charge in [-0.25, -0.2) is 4.79 Å². The van der Waals surface area contributed by atoms with Gasteiger partial charge < -0.3 is 29.2 Å². The van der Waals surface area contributed by atoms with Crippen LogP contribution < -0.4 is 5.32 Å². The van der Waals surface area contributed by atoms with E-state index in [0.29, 0.717) is 45.4 Å². The second-order valence-electron chi connectivity index (χ2n) is 8.09. The van der Waals surface area contributed by atoms with Gasteiger partial charge >= 0.3 is 12.1 Å². The van der Waals surface area contributed by atoms with E-state index in [1.54, 1.807) is 12.0 Å². The molecule has 1 aliphatic rings. The van der Waals surface area contributed by atoms with Crippen molar-refractivity contribution in [2.75, 3.05) is 47.1 Å². The van der Waals surface area contributed by atoms with Crippen LogP contribution in [0.15, 0.2) is 0 Å². The molecule has 1 fully saturated rings. The molecule has 0 aliphatic heterocycles. The minimum absolute atomic E-state index is 0.220. The van der Waals surface area contributed by atoms with Gasteiger partial charge in [0.2, 0.25) is 0 Å². The van der Waals surface area contributed by atoms with Crippen LogP contribution in [0.2, 0.25) is 0 Å². The first-order valence-corrected chi connectivity index (χ1v) is 10.1. The maximum absolute atomic E-state index is 12.5. The van der Waals surface area contributed by atoms with Gasteiger partial charge in [-0.05, 0) is 52.9 Å². The van der Waals surface area contributed by atoms with Gasteiger partial charge in [0.05, 0.1) is 26.9 Å². The first-order valence-electron chi connectivity index (χ1n) is 10.1. The third kappa shape index (κ3) is 11.5. The zero-order valence-electron chi connectivity index (χ0n) is 18.1. The van der Waals surface area contributed by atoms with Crippen molar-refractivity contribution in [2.45, 2.75) is 70.6 Å². The molecule has 8 nitrogen and oxygen atoms in total. The topological polar surface area (TPSA) is 86.3 Å². The molecule has 0 aromatic heterocycles. The molecular weight excluding hydrogens is 364 g/mol. The second-order valence-corrected chi connectivity index (χ2v) is 8.09. The second kappa shape index (κ2) is 13.0. The molecule has 164 valence electrons. The standard InChI is InChI=1S/C20H38N2O6/c1-20(2,3)28-19(24)22(12-13-27-15-14-25-4)11-7-6-8-17(18(23)26-5)21-16-9-10-16/h16-17,21H,6-15H2,1-5H3/t17-/m1/s1. The van der Waals surface area contributed by atoms with E-state index in [0.717, 1.165) is 25.7 Å². The Morgan fingerprint density at radius 2 is 1.79 bits per heavy atom. The molecule has 0 aromatic carbocycles. The Hall–Kier alpha value is -1.38. The number of amides is 1. The third-order valence-corrected chi connectivity index (χ3v) is 4.26. The number of hydrogen-bond acceptors (Lipinski definition) is 7. The number of hydrogen-bond donors (Lipinski definition) is 1. The Balaban J connectivity index is 2.42. The van der Waals surface area contributed by atoms with Crippen LogP contribution in [0.5, 0.6) is 0 Å². The lowest BCUT2D eigenvalue weighted by atomic mass is 10.1. The number of carbonyl (C=O) groups is 2. The summed E-state index contributed by atoms with van der Waals surface area (Å²) in [5.41, 5.74) is -0.545. The highest BCUT2D eigenvalue weighted by Gasteiger charge is 2.28. The molecule has 1 amide bonds. The van der Waals surface area contributed by atoms with Gasteiger partial charge in [-0.3, -0.25) is 4.79 Å². The Kier molecular flexibility index (Phi) is 11.4. The van der Waals surface area contributed by atoms with Crippen LogP contribution in [-0.4, -0.2) is 81.8 Å². The van der Waals surface area contributed by atoms with Gasteiger partial charge in [0.1, 0.15) is 11.6 Å². The lowest BCUT2D eigenvalue weighted by Gasteiger charge is -2.27. The molecule has 0 heterocycles. The molecule has 0 unspecified atom stereocenters. The van der Waals surface area contributed by atoms with Crippen molar-refractivity contribution in [3.8, 4) is 0 Å². The molecular formula is C20H38N2O6. The zero-order chi connectivity index (χ0) is 21.0. The smallest absolute Gasteiger partial charge is 0.410 e. The Morgan fingerprint density at radius 3 is 2.36 bits per heavy atom. The fraction of sp³-hybridized carbons (Fsp3) is 0.900. The summed E-state index contributed by atoms with van der Waals surface area (Å²) >= 11 is 0. The molecule has 0 radical (unpaired) electrons. The summed E-state index contributed by atoms with van der Waals surface area (Å²) in [7, 11) is 3.04. The quantitative estimate of drug-likeness (QED) is 0.352. The van der Waals surface area contributed by atoms with E-state index in [-0.39, 0.29) is 18.1 Å². The number of carbonyl (C=O) groups excluding carboxylic acids is 2. The van der Waals surface area contributed by atoms with Crippen molar-refractivity contribution >= 4 is 12.1 Å². The van der Waals surface area contributed by atoms with Gasteiger partial charge in [-0.2, -0.15) is 0 Å². The molecule has 0 aromatic rings. The van der Waals surface area contributed by atoms with Crippen molar-refractivity contribution in [3.63, 3.8) is 0 Å². The van der Waals surface area contributed by atoms with Gasteiger partial charge in [-0.15, -0.1) is 0 Å². The van der Waals surface area contributed by atoms with E-state index in [1.807, 2.05) is 20.8 Å². The van der Waals surface area contributed by atoms with Gasteiger partial charge in [0, 0.05) is 26.2 Å². The number of ether oxygens (including phenoxy) is 4. The van der Waals surface area contributed by atoms with Crippen molar-refractivity contribution in [3.05, 3.63) is 0 Å². The first-order chi connectivity index (χ1) is 13.3. The Bertz CT molecular complexity index is 462. The van der Waals surface area contributed by atoms with Crippen LogP contribution in [0.1, 0.15) is 52.9 Å².